The lowest BCUT2D eigenvalue weighted by molar-refractivity contribution is 0.499. The van der Waals surface area contributed by atoms with Gasteiger partial charge in [-0.25, -0.2) is 4.98 Å². The molecule has 2 aromatic rings. The molecule has 1 atom stereocenters. The normalized spacial score (nSPS) is 21.7. The number of benzene rings is 1. The summed E-state index contributed by atoms with van der Waals surface area (Å²) in [6.45, 7) is 6.57. The molecule has 1 aliphatic heterocycles. The van der Waals surface area contributed by atoms with E-state index in [-0.39, 0.29) is 5.41 Å². The van der Waals surface area contributed by atoms with E-state index in [2.05, 4.69) is 65.9 Å². The van der Waals surface area contributed by atoms with Gasteiger partial charge in [0, 0.05) is 49.3 Å². The van der Waals surface area contributed by atoms with Gasteiger partial charge in [-0.1, -0.05) is 13.0 Å². The SMILES string of the molecule is Cc1ccc(-n2cncc2C2(C)CCNC2)cc1N(C)C. The molecule has 0 spiro atoms. The minimum Gasteiger partial charge on any atom is -0.377 e. The zero-order valence-corrected chi connectivity index (χ0v) is 13.3. The highest BCUT2D eigenvalue weighted by molar-refractivity contribution is 5.58. The summed E-state index contributed by atoms with van der Waals surface area (Å²) in [5.74, 6) is 0. The summed E-state index contributed by atoms with van der Waals surface area (Å²) in [4.78, 5) is 6.57. The maximum atomic E-state index is 4.41. The molecule has 1 aromatic carbocycles. The molecule has 4 nitrogen and oxygen atoms in total. The Bertz CT molecular complexity index is 636. The van der Waals surface area contributed by atoms with Gasteiger partial charge < -0.3 is 14.8 Å². The molecule has 21 heavy (non-hydrogen) atoms. The molecule has 2 heterocycles. The van der Waals surface area contributed by atoms with E-state index < -0.39 is 0 Å². The molecule has 1 N–H and O–H groups in total. The van der Waals surface area contributed by atoms with Crippen LogP contribution in [0.15, 0.2) is 30.7 Å². The molecule has 0 saturated carbocycles. The van der Waals surface area contributed by atoms with Crippen LogP contribution < -0.4 is 10.2 Å². The van der Waals surface area contributed by atoms with E-state index >= 15 is 0 Å². The Hall–Kier alpha value is -1.81. The number of hydrogen-bond acceptors (Lipinski definition) is 3. The maximum Gasteiger partial charge on any atom is 0.0994 e. The van der Waals surface area contributed by atoms with Crippen molar-refractivity contribution in [3.63, 3.8) is 0 Å². The van der Waals surface area contributed by atoms with Crippen molar-refractivity contribution in [2.45, 2.75) is 25.7 Å². The third-order valence-electron chi connectivity index (χ3n) is 4.58. The van der Waals surface area contributed by atoms with E-state index in [9.17, 15) is 0 Å². The predicted molar refractivity (Wildman–Crippen MR) is 87.5 cm³/mol. The summed E-state index contributed by atoms with van der Waals surface area (Å²) in [6.07, 6.45) is 5.11. The van der Waals surface area contributed by atoms with Crippen LogP contribution in [0.2, 0.25) is 0 Å². The van der Waals surface area contributed by atoms with Crippen LogP contribution in [0.5, 0.6) is 0 Å². The summed E-state index contributed by atoms with van der Waals surface area (Å²) in [5.41, 5.74) is 5.19. The molecule has 0 bridgehead atoms. The second-order valence-electron chi connectivity index (χ2n) is 6.50. The highest BCUT2D eigenvalue weighted by Crippen LogP contribution is 2.32. The Labute approximate surface area is 126 Å². The second kappa shape index (κ2) is 5.19. The van der Waals surface area contributed by atoms with Crippen LogP contribution >= 0.6 is 0 Å². The molecule has 0 radical (unpaired) electrons. The van der Waals surface area contributed by atoms with Gasteiger partial charge in [-0.15, -0.1) is 0 Å². The van der Waals surface area contributed by atoms with Gasteiger partial charge in [0.25, 0.3) is 0 Å². The van der Waals surface area contributed by atoms with Crippen LogP contribution in [0.1, 0.15) is 24.6 Å². The summed E-state index contributed by atoms with van der Waals surface area (Å²) in [6, 6.07) is 6.61. The predicted octanol–water partition coefficient (Wildman–Crippen LogP) is 2.50. The minimum atomic E-state index is 0.166. The zero-order valence-electron chi connectivity index (χ0n) is 13.3. The standard InChI is InChI=1S/C17H24N4/c1-13-5-6-14(9-15(13)20(3)4)21-12-19-10-16(21)17(2)7-8-18-11-17/h5-6,9-10,12,18H,7-8,11H2,1-4H3. The van der Waals surface area contributed by atoms with Gasteiger partial charge in [0.1, 0.15) is 0 Å². The molecular formula is C17H24N4. The number of aromatic nitrogens is 2. The van der Waals surface area contributed by atoms with Crippen LogP contribution in [0.3, 0.4) is 0 Å². The van der Waals surface area contributed by atoms with E-state index in [4.69, 9.17) is 0 Å². The van der Waals surface area contributed by atoms with Crippen LogP contribution in [-0.2, 0) is 5.41 Å². The Morgan fingerprint density at radius 3 is 2.81 bits per heavy atom. The third kappa shape index (κ3) is 2.44. The molecule has 1 unspecified atom stereocenters. The van der Waals surface area contributed by atoms with Crippen LogP contribution in [0.25, 0.3) is 5.69 Å². The quantitative estimate of drug-likeness (QED) is 0.940. The molecule has 0 amide bonds. The smallest absolute Gasteiger partial charge is 0.0994 e. The average molecular weight is 284 g/mol. The molecule has 0 aliphatic carbocycles. The minimum absolute atomic E-state index is 0.166. The van der Waals surface area contributed by atoms with Gasteiger partial charge in [-0.2, -0.15) is 0 Å². The lowest BCUT2D eigenvalue weighted by atomic mass is 9.86. The van der Waals surface area contributed by atoms with Crippen molar-refractivity contribution in [2.75, 3.05) is 32.1 Å². The average Bonchev–Trinajstić information content (AvgIpc) is 3.08. The van der Waals surface area contributed by atoms with Crippen LogP contribution in [0.4, 0.5) is 5.69 Å². The summed E-state index contributed by atoms with van der Waals surface area (Å²) < 4.78 is 2.24. The first kappa shape index (κ1) is 14.1. The highest BCUT2D eigenvalue weighted by atomic mass is 15.1. The number of aryl methyl sites for hydroxylation is 1. The van der Waals surface area contributed by atoms with Crippen LogP contribution in [0, 0.1) is 6.92 Å². The molecule has 1 saturated heterocycles. The van der Waals surface area contributed by atoms with Crippen molar-refractivity contribution < 1.29 is 0 Å². The lowest BCUT2D eigenvalue weighted by Gasteiger charge is -2.25. The van der Waals surface area contributed by atoms with E-state index in [1.165, 1.54) is 22.6 Å². The first-order chi connectivity index (χ1) is 10.0. The second-order valence-corrected chi connectivity index (χ2v) is 6.50. The number of rotatable bonds is 3. The van der Waals surface area contributed by atoms with Crippen molar-refractivity contribution >= 4 is 5.69 Å². The third-order valence-corrected chi connectivity index (χ3v) is 4.58. The molecule has 1 fully saturated rings. The fourth-order valence-electron chi connectivity index (χ4n) is 3.21. The van der Waals surface area contributed by atoms with Crippen molar-refractivity contribution in [3.8, 4) is 5.69 Å². The maximum absolute atomic E-state index is 4.41. The number of nitrogens with one attached hydrogen (secondary N) is 1. The number of anilines is 1. The topological polar surface area (TPSA) is 33.1 Å². The monoisotopic (exact) mass is 284 g/mol. The fourth-order valence-corrected chi connectivity index (χ4v) is 3.21. The Morgan fingerprint density at radius 1 is 1.33 bits per heavy atom. The van der Waals surface area contributed by atoms with Gasteiger partial charge in [0.15, 0.2) is 0 Å². The molecule has 4 heteroatoms. The van der Waals surface area contributed by atoms with Gasteiger partial charge >= 0.3 is 0 Å². The largest absolute Gasteiger partial charge is 0.377 e. The molecule has 3 rings (SSSR count). The zero-order chi connectivity index (χ0) is 15.0. The van der Waals surface area contributed by atoms with Crippen molar-refractivity contribution in [2.24, 2.45) is 0 Å². The van der Waals surface area contributed by atoms with E-state index in [1.54, 1.807) is 0 Å². The van der Waals surface area contributed by atoms with Gasteiger partial charge in [0.05, 0.1) is 6.33 Å². The number of nitrogens with zero attached hydrogens (tertiary/aromatic N) is 3. The van der Waals surface area contributed by atoms with E-state index in [0.29, 0.717) is 0 Å². The Kier molecular flexibility index (Phi) is 3.49. The van der Waals surface area contributed by atoms with Crippen molar-refractivity contribution in [3.05, 3.63) is 42.0 Å². The summed E-state index contributed by atoms with van der Waals surface area (Å²) in [5, 5.41) is 3.47. The first-order valence-electron chi connectivity index (χ1n) is 7.53. The summed E-state index contributed by atoms with van der Waals surface area (Å²) in [7, 11) is 4.17. The van der Waals surface area contributed by atoms with Crippen LogP contribution in [-0.4, -0.2) is 36.7 Å². The van der Waals surface area contributed by atoms with Crippen molar-refractivity contribution in [1.29, 1.82) is 0 Å². The lowest BCUT2D eigenvalue weighted by Crippen LogP contribution is -2.27. The fraction of sp³-hybridized carbons (Fsp3) is 0.471. The molecule has 112 valence electrons. The van der Waals surface area contributed by atoms with Gasteiger partial charge in [-0.05, 0) is 37.6 Å². The first-order valence-corrected chi connectivity index (χ1v) is 7.53. The van der Waals surface area contributed by atoms with Crippen molar-refractivity contribution in [1.82, 2.24) is 14.9 Å². The Balaban J connectivity index is 2.06. The van der Waals surface area contributed by atoms with E-state index in [1.807, 2.05) is 12.5 Å². The van der Waals surface area contributed by atoms with Gasteiger partial charge in [-0.3, -0.25) is 0 Å². The van der Waals surface area contributed by atoms with E-state index in [0.717, 1.165) is 19.5 Å². The van der Waals surface area contributed by atoms with Gasteiger partial charge in [0.2, 0.25) is 0 Å². The Morgan fingerprint density at radius 2 is 2.14 bits per heavy atom. The number of hydrogen-bond donors (Lipinski definition) is 1. The number of imidazole rings is 1. The molecule has 1 aliphatic rings. The molecule has 1 aromatic heterocycles. The molecular weight excluding hydrogens is 260 g/mol. The highest BCUT2D eigenvalue weighted by Gasteiger charge is 2.33. The summed E-state index contributed by atoms with van der Waals surface area (Å²) >= 11 is 0.